The van der Waals surface area contributed by atoms with Crippen LogP contribution >= 0.6 is 11.6 Å². The molecular weight excluding hydrogens is 317 g/mol. The topological polar surface area (TPSA) is 45.2 Å². The normalized spacial score (nSPS) is 14.1. The highest BCUT2D eigenvalue weighted by Crippen LogP contribution is 2.20. The van der Waals surface area contributed by atoms with Gasteiger partial charge in [-0.2, -0.15) is 0 Å². The molecular formula is C17H17ClFN3O. The van der Waals surface area contributed by atoms with Gasteiger partial charge in [0.05, 0.1) is 10.6 Å². The van der Waals surface area contributed by atoms with Crippen LogP contribution in [0.1, 0.15) is 28.8 Å². The molecule has 0 atom stereocenters. The van der Waals surface area contributed by atoms with Crippen molar-refractivity contribution in [1.82, 2.24) is 10.3 Å². The summed E-state index contributed by atoms with van der Waals surface area (Å²) in [7, 11) is 0. The van der Waals surface area contributed by atoms with Crippen molar-refractivity contribution in [3.05, 3.63) is 58.5 Å². The van der Waals surface area contributed by atoms with Crippen LogP contribution in [0.2, 0.25) is 5.02 Å². The molecule has 1 amide bonds. The number of carbonyl (C=O) groups is 1. The summed E-state index contributed by atoms with van der Waals surface area (Å²) in [5.41, 5.74) is 0.797. The molecule has 1 aliphatic rings. The van der Waals surface area contributed by atoms with Crippen molar-refractivity contribution in [2.75, 3.05) is 18.0 Å². The van der Waals surface area contributed by atoms with Crippen LogP contribution in [0.4, 0.5) is 10.2 Å². The van der Waals surface area contributed by atoms with Gasteiger partial charge in [-0.3, -0.25) is 4.79 Å². The van der Waals surface area contributed by atoms with Crippen molar-refractivity contribution < 1.29 is 9.18 Å². The molecule has 0 bridgehead atoms. The van der Waals surface area contributed by atoms with E-state index in [1.165, 1.54) is 31.0 Å². The molecule has 6 heteroatoms. The lowest BCUT2D eigenvalue weighted by Crippen LogP contribution is -2.25. The molecule has 1 fully saturated rings. The second-order valence-corrected chi connectivity index (χ2v) is 5.90. The fourth-order valence-corrected chi connectivity index (χ4v) is 2.92. The molecule has 0 radical (unpaired) electrons. The predicted octanol–water partition coefficient (Wildman–Crippen LogP) is 3.40. The molecule has 1 aromatic carbocycles. The Morgan fingerprint density at radius 3 is 2.83 bits per heavy atom. The number of halogens is 2. The van der Waals surface area contributed by atoms with Crippen LogP contribution in [0.3, 0.4) is 0 Å². The smallest absolute Gasteiger partial charge is 0.256 e. The number of nitrogens with one attached hydrogen (secondary N) is 1. The van der Waals surface area contributed by atoms with Crippen molar-refractivity contribution in [1.29, 1.82) is 0 Å². The van der Waals surface area contributed by atoms with Crippen molar-refractivity contribution in [2.24, 2.45) is 0 Å². The molecule has 23 heavy (non-hydrogen) atoms. The molecule has 4 nitrogen and oxygen atoms in total. The number of benzene rings is 1. The van der Waals surface area contributed by atoms with Crippen LogP contribution in [0.15, 0.2) is 36.5 Å². The summed E-state index contributed by atoms with van der Waals surface area (Å²) in [6.07, 6.45) is 4.08. The molecule has 2 heterocycles. The third kappa shape index (κ3) is 3.62. The summed E-state index contributed by atoms with van der Waals surface area (Å²) in [5.74, 6) is -0.228. The van der Waals surface area contributed by atoms with Gasteiger partial charge in [-0.15, -0.1) is 0 Å². The minimum atomic E-state index is -0.623. The van der Waals surface area contributed by atoms with Gasteiger partial charge in [0.2, 0.25) is 0 Å². The number of rotatable bonds is 4. The summed E-state index contributed by atoms with van der Waals surface area (Å²) in [5, 5.41) is 2.81. The average molecular weight is 334 g/mol. The van der Waals surface area contributed by atoms with Gasteiger partial charge in [-0.25, -0.2) is 9.37 Å². The monoisotopic (exact) mass is 333 g/mol. The Hall–Kier alpha value is -2.14. The molecule has 1 aliphatic heterocycles. The number of nitrogens with zero attached hydrogens (tertiary/aromatic N) is 2. The molecule has 1 saturated heterocycles. The Bertz CT molecular complexity index is 696. The van der Waals surface area contributed by atoms with Gasteiger partial charge in [0.15, 0.2) is 0 Å². The molecule has 1 N–H and O–H groups in total. The summed E-state index contributed by atoms with van der Waals surface area (Å²) in [6, 6.07) is 7.98. The first-order valence-electron chi connectivity index (χ1n) is 7.57. The van der Waals surface area contributed by atoms with Crippen molar-refractivity contribution in [3.8, 4) is 0 Å². The van der Waals surface area contributed by atoms with Crippen LogP contribution in [0, 0.1) is 5.82 Å². The standard InChI is InChI=1S/C17H17ClFN3O/c18-13-4-3-5-14(19)16(13)17(23)21-11-12-6-7-20-15(10-12)22-8-1-2-9-22/h3-7,10H,1-2,8-9,11H2,(H,21,23). The van der Waals surface area contributed by atoms with Crippen LogP contribution in [-0.2, 0) is 6.54 Å². The highest BCUT2D eigenvalue weighted by molar-refractivity contribution is 6.33. The Labute approximate surface area is 139 Å². The zero-order valence-electron chi connectivity index (χ0n) is 12.6. The summed E-state index contributed by atoms with van der Waals surface area (Å²) < 4.78 is 13.7. The molecule has 3 rings (SSSR count). The second-order valence-electron chi connectivity index (χ2n) is 5.50. The molecule has 0 saturated carbocycles. The van der Waals surface area contributed by atoms with E-state index in [0.717, 1.165) is 24.5 Å². The van der Waals surface area contributed by atoms with Crippen molar-refractivity contribution in [3.63, 3.8) is 0 Å². The second kappa shape index (κ2) is 6.96. The van der Waals surface area contributed by atoms with Gasteiger partial charge in [-0.1, -0.05) is 17.7 Å². The van der Waals surface area contributed by atoms with E-state index in [1.807, 2.05) is 12.1 Å². The van der Waals surface area contributed by atoms with Crippen LogP contribution in [0.25, 0.3) is 0 Å². The summed E-state index contributed by atoms with van der Waals surface area (Å²) in [4.78, 5) is 18.7. The zero-order chi connectivity index (χ0) is 16.2. The third-order valence-electron chi connectivity index (χ3n) is 3.88. The van der Waals surface area contributed by atoms with E-state index in [-0.39, 0.29) is 10.6 Å². The van der Waals surface area contributed by atoms with E-state index >= 15 is 0 Å². The third-order valence-corrected chi connectivity index (χ3v) is 4.20. The molecule has 1 aromatic heterocycles. The molecule has 0 unspecified atom stereocenters. The minimum Gasteiger partial charge on any atom is -0.357 e. The number of amides is 1. The van der Waals surface area contributed by atoms with E-state index in [1.54, 1.807) is 6.20 Å². The first-order chi connectivity index (χ1) is 11.1. The highest BCUT2D eigenvalue weighted by atomic mass is 35.5. The maximum absolute atomic E-state index is 13.7. The fraction of sp³-hybridized carbons (Fsp3) is 0.294. The lowest BCUT2D eigenvalue weighted by Gasteiger charge is -2.17. The first kappa shape index (κ1) is 15.7. The van der Waals surface area contributed by atoms with Crippen molar-refractivity contribution in [2.45, 2.75) is 19.4 Å². The van der Waals surface area contributed by atoms with Gasteiger partial charge in [0, 0.05) is 25.8 Å². The van der Waals surface area contributed by atoms with Gasteiger partial charge >= 0.3 is 0 Å². The Morgan fingerprint density at radius 1 is 1.30 bits per heavy atom. The number of carbonyl (C=O) groups excluding carboxylic acids is 1. The van der Waals surface area contributed by atoms with Gasteiger partial charge < -0.3 is 10.2 Å². The molecule has 120 valence electrons. The summed E-state index contributed by atoms with van der Waals surface area (Å²) in [6.45, 7) is 2.31. The van der Waals surface area contributed by atoms with Crippen LogP contribution < -0.4 is 10.2 Å². The molecule has 0 spiro atoms. The summed E-state index contributed by atoms with van der Waals surface area (Å²) >= 11 is 5.90. The van der Waals surface area contributed by atoms with Crippen LogP contribution in [0.5, 0.6) is 0 Å². The number of anilines is 1. The minimum absolute atomic E-state index is 0.106. The molecule has 0 aliphatic carbocycles. The van der Waals surface area contributed by atoms with E-state index < -0.39 is 11.7 Å². The predicted molar refractivity (Wildman–Crippen MR) is 88.3 cm³/mol. The number of pyridine rings is 1. The zero-order valence-corrected chi connectivity index (χ0v) is 13.3. The average Bonchev–Trinajstić information content (AvgIpc) is 3.07. The van der Waals surface area contributed by atoms with Gasteiger partial charge in [0.1, 0.15) is 11.6 Å². The fourth-order valence-electron chi connectivity index (χ4n) is 2.68. The van der Waals surface area contributed by atoms with E-state index in [9.17, 15) is 9.18 Å². The lowest BCUT2D eigenvalue weighted by atomic mass is 10.2. The van der Waals surface area contributed by atoms with Crippen LogP contribution in [-0.4, -0.2) is 24.0 Å². The van der Waals surface area contributed by atoms with E-state index in [2.05, 4.69) is 15.2 Å². The Kier molecular flexibility index (Phi) is 4.76. The molecule has 2 aromatic rings. The van der Waals surface area contributed by atoms with E-state index in [4.69, 9.17) is 11.6 Å². The van der Waals surface area contributed by atoms with Crippen molar-refractivity contribution >= 4 is 23.3 Å². The Morgan fingerprint density at radius 2 is 2.09 bits per heavy atom. The van der Waals surface area contributed by atoms with Gasteiger partial charge in [0.25, 0.3) is 5.91 Å². The number of aromatic nitrogens is 1. The number of hydrogen-bond acceptors (Lipinski definition) is 3. The highest BCUT2D eigenvalue weighted by Gasteiger charge is 2.16. The van der Waals surface area contributed by atoms with E-state index in [0.29, 0.717) is 6.54 Å². The maximum Gasteiger partial charge on any atom is 0.256 e. The Balaban J connectivity index is 1.68. The lowest BCUT2D eigenvalue weighted by molar-refractivity contribution is 0.0947. The number of hydrogen-bond donors (Lipinski definition) is 1. The SMILES string of the molecule is O=C(NCc1ccnc(N2CCCC2)c1)c1c(F)cccc1Cl. The van der Waals surface area contributed by atoms with Gasteiger partial charge in [-0.05, 0) is 42.7 Å². The quantitative estimate of drug-likeness (QED) is 0.932. The largest absolute Gasteiger partial charge is 0.357 e. The maximum atomic E-state index is 13.7. The first-order valence-corrected chi connectivity index (χ1v) is 7.95.